The Balaban J connectivity index is 4.81. The van der Waals surface area contributed by atoms with Crippen LogP contribution >= 0.6 is 0 Å². The molecule has 0 aliphatic carbocycles. The molecule has 0 heterocycles. The van der Waals surface area contributed by atoms with E-state index in [0.717, 1.165) is 0 Å². The molecule has 7 nitrogen and oxygen atoms in total. The Kier molecular flexibility index (Phi) is 7.06. The van der Waals surface area contributed by atoms with Crippen molar-refractivity contribution in [1.82, 2.24) is 10.6 Å². The first-order valence-corrected chi connectivity index (χ1v) is 6.23. The molecule has 0 saturated carbocycles. The third-order valence-electron chi connectivity index (χ3n) is 2.68. The number of rotatable bonds is 7. The zero-order valence-corrected chi connectivity index (χ0v) is 11.8. The Labute approximate surface area is 112 Å². The summed E-state index contributed by atoms with van der Waals surface area (Å²) in [6.45, 7) is 6.69. The average Bonchev–Trinajstić information content (AvgIpc) is 2.30. The molecule has 0 rings (SSSR count). The predicted octanol–water partition coefficient (Wildman–Crippen LogP) is -0.689. The molecular formula is C12H23N3O4. The van der Waals surface area contributed by atoms with Gasteiger partial charge in [-0.05, 0) is 11.8 Å². The maximum absolute atomic E-state index is 12.0. The van der Waals surface area contributed by atoms with Gasteiger partial charge in [0.2, 0.25) is 11.8 Å². The smallest absolute Gasteiger partial charge is 0.326 e. The topological polar surface area (TPSA) is 122 Å². The number of carboxylic acid groups (broad SMARTS) is 1. The maximum atomic E-state index is 12.0. The normalized spacial score (nSPS) is 14.1. The third-order valence-corrected chi connectivity index (χ3v) is 2.68. The molecule has 7 heteroatoms. The number of hydrogen-bond acceptors (Lipinski definition) is 4. The van der Waals surface area contributed by atoms with E-state index in [0.29, 0.717) is 0 Å². The molecule has 0 bridgehead atoms. The average molecular weight is 273 g/mol. The van der Waals surface area contributed by atoms with Gasteiger partial charge in [0.05, 0.1) is 6.54 Å². The minimum absolute atomic E-state index is 0.169. The number of amides is 2. The van der Waals surface area contributed by atoms with Crippen molar-refractivity contribution in [2.24, 2.45) is 17.6 Å². The Morgan fingerprint density at radius 3 is 1.79 bits per heavy atom. The molecule has 0 spiro atoms. The van der Waals surface area contributed by atoms with Gasteiger partial charge in [0.1, 0.15) is 12.1 Å². The lowest BCUT2D eigenvalue weighted by atomic mass is 10.0. The fraction of sp³-hybridized carbons (Fsp3) is 0.750. The van der Waals surface area contributed by atoms with Crippen LogP contribution < -0.4 is 16.4 Å². The standard InChI is InChI=1S/C12H23N3O4/c1-6(2)9(14-8(16)5-13)11(17)15-10(7(3)4)12(18)19/h6-7,9-10H,5,13H2,1-4H3,(H,14,16)(H,15,17)(H,18,19). The van der Waals surface area contributed by atoms with Gasteiger partial charge in [-0.25, -0.2) is 4.79 Å². The van der Waals surface area contributed by atoms with Crippen molar-refractivity contribution in [2.75, 3.05) is 6.54 Å². The second kappa shape index (κ2) is 7.73. The summed E-state index contributed by atoms with van der Waals surface area (Å²) in [6.07, 6.45) is 0. The second-order valence-corrected chi connectivity index (χ2v) is 5.06. The minimum atomic E-state index is -1.10. The number of carbonyl (C=O) groups is 3. The van der Waals surface area contributed by atoms with Gasteiger partial charge in [-0.3, -0.25) is 9.59 Å². The molecule has 0 aromatic rings. The first-order valence-electron chi connectivity index (χ1n) is 6.23. The van der Waals surface area contributed by atoms with E-state index in [4.69, 9.17) is 10.8 Å². The number of aliphatic carboxylic acids is 1. The minimum Gasteiger partial charge on any atom is -0.480 e. The summed E-state index contributed by atoms with van der Waals surface area (Å²) in [4.78, 5) is 34.3. The molecule has 0 aromatic carbocycles. The molecule has 0 radical (unpaired) electrons. The van der Waals surface area contributed by atoms with Crippen LogP contribution in [0.2, 0.25) is 0 Å². The van der Waals surface area contributed by atoms with E-state index in [2.05, 4.69) is 10.6 Å². The van der Waals surface area contributed by atoms with E-state index in [1.54, 1.807) is 27.7 Å². The van der Waals surface area contributed by atoms with Gasteiger partial charge in [-0.15, -0.1) is 0 Å². The van der Waals surface area contributed by atoms with E-state index in [1.165, 1.54) is 0 Å². The predicted molar refractivity (Wildman–Crippen MR) is 70.2 cm³/mol. The molecule has 0 saturated heterocycles. The van der Waals surface area contributed by atoms with Crippen molar-refractivity contribution in [1.29, 1.82) is 0 Å². The van der Waals surface area contributed by atoms with Crippen LogP contribution in [-0.4, -0.2) is 41.5 Å². The lowest BCUT2D eigenvalue weighted by molar-refractivity contribution is -0.143. The molecule has 110 valence electrons. The summed E-state index contributed by atoms with van der Waals surface area (Å²) in [7, 11) is 0. The van der Waals surface area contributed by atoms with E-state index >= 15 is 0 Å². The van der Waals surface area contributed by atoms with Crippen LogP contribution in [0.15, 0.2) is 0 Å². The van der Waals surface area contributed by atoms with Crippen LogP contribution in [0.3, 0.4) is 0 Å². The molecule has 0 aliphatic heterocycles. The summed E-state index contributed by atoms with van der Waals surface area (Å²) < 4.78 is 0. The fourth-order valence-corrected chi connectivity index (χ4v) is 1.52. The first-order chi connectivity index (χ1) is 8.70. The van der Waals surface area contributed by atoms with Crippen LogP contribution in [0.25, 0.3) is 0 Å². The molecule has 19 heavy (non-hydrogen) atoms. The number of carboxylic acids is 1. The van der Waals surface area contributed by atoms with Crippen LogP contribution in [-0.2, 0) is 14.4 Å². The first kappa shape index (κ1) is 17.4. The fourth-order valence-electron chi connectivity index (χ4n) is 1.52. The molecule has 0 aliphatic rings. The zero-order valence-electron chi connectivity index (χ0n) is 11.8. The highest BCUT2D eigenvalue weighted by Gasteiger charge is 2.29. The van der Waals surface area contributed by atoms with Crippen molar-refractivity contribution in [3.63, 3.8) is 0 Å². The Hall–Kier alpha value is -1.63. The number of nitrogens with two attached hydrogens (primary N) is 1. The Morgan fingerprint density at radius 2 is 1.47 bits per heavy atom. The van der Waals surface area contributed by atoms with Gasteiger partial charge < -0.3 is 21.5 Å². The molecular weight excluding hydrogens is 250 g/mol. The SMILES string of the molecule is CC(C)C(NC(=O)C(NC(=O)CN)C(C)C)C(=O)O. The molecule has 0 fully saturated rings. The second-order valence-electron chi connectivity index (χ2n) is 5.06. The summed E-state index contributed by atoms with van der Waals surface area (Å²) >= 11 is 0. The summed E-state index contributed by atoms with van der Waals surface area (Å²) in [6, 6.07) is -1.78. The molecule has 0 aromatic heterocycles. The third kappa shape index (κ3) is 5.69. The van der Waals surface area contributed by atoms with Gasteiger partial charge in [0.25, 0.3) is 0 Å². The van der Waals surface area contributed by atoms with E-state index in [9.17, 15) is 14.4 Å². The zero-order chi connectivity index (χ0) is 15.2. The van der Waals surface area contributed by atoms with Crippen molar-refractivity contribution >= 4 is 17.8 Å². The van der Waals surface area contributed by atoms with E-state index in [-0.39, 0.29) is 18.4 Å². The van der Waals surface area contributed by atoms with Crippen LogP contribution in [0, 0.1) is 11.8 Å². The van der Waals surface area contributed by atoms with Crippen LogP contribution in [0.1, 0.15) is 27.7 Å². The lowest BCUT2D eigenvalue weighted by Crippen LogP contribution is -2.55. The highest BCUT2D eigenvalue weighted by atomic mass is 16.4. The van der Waals surface area contributed by atoms with Gasteiger partial charge in [-0.1, -0.05) is 27.7 Å². The maximum Gasteiger partial charge on any atom is 0.326 e. The Bertz CT molecular complexity index is 342. The van der Waals surface area contributed by atoms with Crippen molar-refractivity contribution in [2.45, 2.75) is 39.8 Å². The van der Waals surface area contributed by atoms with Crippen LogP contribution in [0.4, 0.5) is 0 Å². The van der Waals surface area contributed by atoms with Crippen molar-refractivity contribution in [3.8, 4) is 0 Å². The molecule has 2 atom stereocenters. The van der Waals surface area contributed by atoms with Gasteiger partial charge >= 0.3 is 5.97 Å². The van der Waals surface area contributed by atoms with Crippen molar-refractivity contribution < 1.29 is 19.5 Å². The highest BCUT2D eigenvalue weighted by Crippen LogP contribution is 2.06. The van der Waals surface area contributed by atoms with Crippen molar-refractivity contribution in [3.05, 3.63) is 0 Å². The molecule has 5 N–H and O–H groups in total. The van der Waals surface area contributed by atoms with Gasteiger partial charge in [-0.2, -0.15) is 0 Å². The van der Waals surface area contributed by atoms with E-state index in [1.807, 2.05) is 0 Å². The Morgan fingerprint density at radius 1 is 1.00 bits per heavy atom. The monoisotopic (exact) mass is 273 g/mol. The largest absolute Gasteiger partial charge is 0.480 e. The highest BCUT2D eigenvalue weighted by molar-refractivity contribution is 5.91. The number of hydrogen-bond donors (Lipinski definition) is 4. The quantitative estimate of drug-likeness (QED) is 0.489. The lowest BCUT2D eigenvalue weighted by Gasteiger charge is -2.25. The number of carbonyl (C=O) groups excluding carboxylic acids is 2. The number of nitrogens with one attached hydrogen (secondary N) is 2. The van der Waals surface area contributed by atoms with Gasteiger partial charge in [0, 0.05) is 0 Å². The summed E-state index contributed by atoms with van der Waals surface area (Å²) in [5.74, 6) is -2.49. The van der Waals surface area contributed by atoms with E-state index < -0.39 is 29.9 Å². The summed E-state index contributed by atoms with van der Waals surface area (Å²) in [5.41, 5.74) is 5.18. The molecule has 2 amide bonds. The van der Waals surface area contributed by atoms with Crippen LogP contribution in [0.5, 0.6) is 0 Å². The molecule has 2 unspecified atom stereocenters. The summed E-state index contributed by atoms with van der Waals surface area (Å²) in [5, 5.41) is 13.9. The van der Waals surface area contributed by atoms with Gasteiger partial charge in [0.15, 0.2) is 0 Å².